The number of hydrogen-bond acceptors (Lipinski definition) is 2. The predicted molar refractivity (Wildman–Crippen MR) is 136 cm³/mol. The van der Waals surface area contributed by atoms with Gasteiger partial charge in [0, 0.05) is 18.0 Å². The van der Waals surface area contributed by atoms with E-state index in [4.69, 9.17) is 10.7 Å². The maximum Gasteiger partial charge on any atom is 0.215 e. The Labute approximate surface area is 193 Å². The quantitative estimate of drug-likeness (QED) is 0.386. The van der Waals surface area contributed by atoms with Gasteiger partial charge in [0.05, 0.1) is 5.71 Å². The molecular formula is C28H36N4. The standard InChI is InChI=1S/C28H36N4/c1-2-22-21-26(23-13-6-5-7-14-23)24-15-8-9-16-25(24)27(22)31-28(29)30-17-12-20-32-18-10-3-4-11-19-32/h2,5-9,13-16,26H,3-4,10-12,17-21H2,1H3,(H2,29,30)/b22-2-,31-27?. The largest absolute Gasteiger partial charge is 0.368 e. The third-order valence-corrected chi connectivity index (χ3v) is 6.70. The minimum atomic E-state index is 0.337. The summed E-state index contributed by atoms with van der Waals surface area (Å²) in [4.78, 5) is 12.0. The van der Waals surface area contributed by atoms with Gasteiger partial charge in [0.15, 0.2) is 0 Å². The summed E-state index contributed by atoms with van der Waals surface area (Å²) >= 11 is 0. The molecule has 4 heteroatoms. The molecule has 2 N–H and O–H groups in total. The molecule has 0 saturated carbocycles. The molecule has 2 aromatic rings. The van der Waals surface area contributed by atoms with Crippen molar-refractivity contribution in [1.82, 2.24) is 4.90 Å². The molecule has 2 aliphatic rings. The maximum atomic E-state index is 6.29. The monoisotopic (exact) mass is 428 g/mol. The Morgan fingerprint density at radius 3 is 2.47 bits per heavy atom. The zero-order chi connectivity index (χ0) is 22.2. The third-order valence-electron chi connectivity index (χ3n) is 6.70. The minimum absolute atomic E-state index is 0.337. The van der Waals surface area contributed by atoms with Gasteiger partial charge in [-0.25, -0.2) is 4.99 Å². The summed E-state index contributed by atoms with van der Waals surface area (Å²) in [7, 11) is 0. The Bertz CT molecular complexity index is 966. The summed E-state index contributed by atoms with van der Waals surface area (Å²) in [5.41, 5.74) is 12.3. The lowest BCUT2D eigenvalue weighted by atomic mass is 9.75. The Hall–Kier alpha value is -2.72. The Balaban J connectivity index is 1.50. The van der Waals surface area contributed by atoms with Crippen LogP contribution in [0.2, 0.25) is 0 Å². The first-order valence-corrected chi connectivity index (χ1v) is 12.2. The van der Waals surface area contributed by atoms with Crippen LogP contribution in [0.15, 0.2) is 76.2 Å². The molecule has 32 heavy (non-hydrogen) atoms. The number of guanidine groups is 1. The minimum Gasteiger partial charge on any atom is -0.368 e. The SMILES string of the molecule is C/C=C1/CC(c2ccccc2)c2ccccc2C1=NC(N)=NCCCN1CCCCCC1. The normalized spacial score (nSPS) is 22.7. The zero-order valence-electron chi connectivity index (χ0n) is 19.3. The van der Waals surface area contributed by atoms with Gasteiger partial charge in [-0.15, -0.1) is 0 Å². The van der Waals surface area contributed by atoms with Gasteiger partial charge in [0.25, 0.3) is 0 Å². The molecule has 4 rings (SSSR count). The highest BCUT2D eigenvalue weighted by atomic mass is 15.1. The molecule has 1 atom stereocenters. The molecule has 0 spiro atoms. The van der Waals surface area contributed by atoms with Crippen LogP contribution in [0.5, 0.6) is 0 Å². The average molecular weight is 429 g/mol. The molecule has 1 unspecified atom stereocenters. The number of rotatable bonds is 5. The van der Waals surface area contributed by atoms with E-state index in [1.165, 1.54) is 61.0 Å². The van der Waals surface area contributed by atoms with Crippen molar-refractivity contribution in [2.24, 2.45) is 15.7 Å². The van der Waals surface area contributed by atoms with Crippen LogP contribution in [0.25, 0.3) is 0 Å². The number of nitrogens with two attached hydrogens (primary N) is 1. The second-order valence-corrected chi connectivity index (χ2v) is 8.88. The van der Waals surface area contributed by atoms with Crippen molar-refractivity contribution < 1.29 is 0 Å². The highest BCUT2D eigenvalue weighted by Gasteiger charge is 2.28. The molecule has 1 aliphatic heterocycles. The van der Waals surface area contributed by atoms with Crippen molar-refractivity contribution in [2.45, 2.75) is 51.4 Å². The van der Waals surface area contributed by atoms with Crippen LogP contribution in [0.1, 0.15) is 68.1 Å². The van der Waals surface area contributed by atoms with Gasteiger partial charge in [-0.1, -0.05) is 73.5 Å². The zero-order valence-corrected chi connectivity index (χ0v) is 19.3. The Morgan fingerprint density at radius 2 is 1.72 bits per heavy atom. The fraction of sp³-hybridized carbons (Fsp3) is 0.429. The van der Waals surface area contributed by atoms with Crippen LogP contribution in [-0.2, 0) is 0 Å². The lowest BCUT2D eigenvalue weighted by Crippen LogP contribution is -2.26. The van der Waals surface area contributed by atoms with E-state index in [-0.39, 0.29) is 0 Å². The molecule has 0 aromatic heterocycles. The van der Waals surface area contributed by atoms with Crippen molar-refractivity contribution in [3.05, 3.63) is 82.9 Å². The van der Waals surface area contributed by atoms with Gasteiger partial charge in [-0.2, -0.15) is 0 Å². The predicted octanol–water partition coefficient (Wildman–Crippen LogP) is 5.54. The molecule has 0 amide bonds. The van der Waals surface area contributed by atoms with Crippen molar-refractivity contribution in [3.63, 3.8) is 0 Å². The summed E-state index contributed by atoms with van der Waals surface area (Å²) in [6, 6.07) is 19.3. The van der Waals surface area contributed by atoms with E-state index in [1.54, 1.807) is 0 Å². The maximum absolute atomic E-state index is 6.29. The fourth-order valence-electron chi connectivity index (χ4n) is 4.98. The van der Waals surface area contributed by atoms with Crippen molar-refractivity contribution in [3.8, 4) is 0 Å². The Kier molecular flexibility index (Phi) is 7.89. The van der Waals surface area contributed by atoms with E-state index in [0.29, 0.717) is 11.9 Å². The van der Waals surface area contributed by atoms with E-state index in [1.807, 2.05) is 0 Å². The topological polar surface area (TPSA) is 54.0 Å². The highest BCUT2D eigenvalue weighted by Crippen LogP contribution is 2.39. The first-order valence-electron chi connectivity index (χ1n) is 12.2. The fourth-order valence-corrected chi connectivity index (χ4v) is 4.98. The van der Waals surface area contributed by atoms with Crippen LogP contribution in [0, 0.1) is 0 Å². The molecule has 1 heterocycles. The van der Waals surface area contributed by atoms with Gasteiger partial charge < -0.3 is 10.6 Å². The molecule has 0 bridgehead atoms. The number of nitrogens with zero attached hydrogens (tertiary/aromatic N) is 3. The molecule has 4 nitrogen and oxygen atoms in total. The van der Waals surface area contributed by atoms with E-state index < -0.39 is 0 Å². The first kappa shape index (κ1) is 22.5. The van der Waals surface area contributed by atoms with Crippen molar-refractivity contribution in [1.29, 1.82) is 0 Å². The average Bonchev–Trinajstić information content (AvgIpc) is 3.11. The van der Waals surface area contributed by atoms with Gasteiger partial charge in [0.2, 0.25) is 5.96 Å². The lowest BCUT2D eigenvalue weighted by Gasteiger charge is -2.29. The first-order chi connectivity index (χ1) is 15.8. The number of fused-ring (bicyclic) bond motifs is 1. The third kappa shape index (κ3) is 5.55. The summed E-state index contributed by atoms with van der Waals surface area (Å²) in [6.07, 6.45) is 9.55. The van der Waals surface area contributed by atoms with E-state index >= 15 is 0 Å². The number of allylic oxidation sites excluding steroid dienone is 2. The molecular weight excluding hydrogens is 392 g/mol. The second-order valence-electron chi connectivity index (χ2n) is 8.88. The number of aliphatic imine (C=N–C) groups is 2. The summed E-state index contributed by atoms with van der Waals surface area (Å²) < 4.78 is 0. The van der Waals surface area contributed by atoms with Gasteiger partial charge in [-0.3, -0.25) is 4.99 Å². The van der Waals surface area contributed by atoms with Crippen LogP contribution >= 0.6 is 0 Å². The van der Waals surface area contributed by atoms with Crippen molar-refractivity contribution in [2.75, 3.05) is 26.2 Å². The van der Waals surface area contributed by atoms with E-state index in [9.17, 15) is 0 Å². The van der Waals surface area contributed by atoms with E-state index in [0.717, 1.165) is 31.6 Å². The summed E-state index contributed by atoms with van der Waals surface area (Å²) in [5.74, 6) is 0.729. The number of likely N-dealkylation sites (tertiary alicyclic amines) is 1. The summed E-state index contributed by atoms with van der Waals surface area (Å²) in [6.45, 7) is 6.39. The van der Waals surface area contributed by atoms with Gasteiger partial charge in [0.1, 0.15) is 0 Å². The van der Waals surface area contributed by atoms with Gasteiger partial charge >= 0.3 is 0 Å². The molecule has 168 valence electrons. The Morgan fingerprint density at radius 1 is 1.00 bits per heavy atom. The van der Waals surface area contributed by atoms with Crippen LogP contribution < -0.4 is 5.73 Å². The number of hydrogen-bond donors (Lipinski definition) is 1. The van der Waals surface area contributed by atoms with Gasteiger partial charge in [-0.05, 0) is 68.9 Å². The lowest BCUT2D eigenvalue weighted by molar-refractivity contribution is 0.283. The second kappa shape index (κ2) is 11.2. The number of benzene rings is 2. The molecule has 1 saturated heterocycles. The molecule has 2 aromatic carbocycles. The molecule has 1 fully saturated rings. The molecule has 0 radical (unpaired) electrons. The van der Waals surface area contributed by atoms with E-state index in [2.05, 4.69) is 77.5 Å². The van der Waals surface area contributed by atoms with Crippen LogP contribution in [0.3, 0.4) is 0 Å². The summed E-state index contributed by atoms with van der Waals surface area (Å²) in [5, 5.41) is 0. The smallest absolute Gasteiger partial charge is 0.215 e. The van der Waals surface area contributed by atoms with Crippen LogP contribution in [0.4, 0.5) is 0 Å². The molecule has 1 aliphatic carbocycles. The van der Waals surface area contributed by atoms with Crippen LogP contribution in [-0.4, -0.2) is 42.8 Å². The highest BCUT2D eigenvalue weighted by molar-refractivity contribution is 6.18. The van der Waals surface area contributed by atoms with Crippen molar-refractivity contribution >= 4 is 11.7 Å².